The van der Waals surface area contributed by atoms with Gasteiger partial charge < -0.3 is 18.6 Å². The van der Waals surface area contributed by atoms with Crippen LogP contribution in [0.5, 0.6) is 0 Å². The molecule has 0 saturated carbocycles. The standard InChI is InChI=1S/C86H65BN2O2/c1-85(2,3)64-45-62(46-65(53-64)86(4,5)6)63-51-78-82-79(52-63)89(76-35-22-34-69-68-33-21-32-66(83(68)91-84(69)76)61-40-44-81-71(48-61)67-31-19-20-36-80(67)90-81)77-50-60(56-27-15-9-16-28-56)37-41-72(77)87(82)73-49-59(55-25-13-8-14-26-55)39-43-75(73)88(78)74-42-38-58(54-23-11-7-12-24-54)47-70(74)57-29-17-10-18-30-57/h7-53H,1-6H3/i8D,9D,13D,14D,15D,16D,25D,26D,27D,28D. The molecular formula is C86H65BN2O2. The van der Waals surface area contributed by atoms with Crippen LogP contribution in [0.1, 0.15) is 66.4 Å². The molecule has 17 rings (SSSR count). The van der Waals surface area contributed by atoms with Crippen molar-refractivity contribution in [3.8, 4) is 66.8 Å². The van der Waals surface area contributed by atoms with Crippen LogP contribution in [0, 0.1) is 0 Å². The molecule has 0 atom stereocenters. The van der Waals surface area contributed by atoms with E-state index in [9.17, 15) is 5.48 Å². The van der Waals surface area contributed by atoms with Gasteiger partial charge in [-0.15, -0.1) is 0 Å². The minimum atomic E-state index is -0.671. The van der Waals surface area contributed by atoms with Crippen LogP contribution in [-0.4, -0.2) is 6.71 Å². The van der Waals surface area contributed by atoms with Crippen molar-refractivity contribution in [3.63, 3.8) is 0 Å². The van der Waals surface area contributed by atoms with Crippen LogP contribution < -0.4 is 26.2 Å². The van der Waals surface area contributed by atoms with E-state index < -0.39 is 43.0 Å². The van der Waals surface area contributed by atoms with Gasteiger partial charge in [-0.1, -0.05) is 266 Å². The highest BCUT2D eigenvalue weighted by Gasteiger charge is 2.45. The van der Waals surface area contributed by atoms with Crippen molar-refractivity contribution < 1.29 is 22.5 Å². The Morgan fingerprint density at radius 2 is 0.846 bits per heavy atom. The van der Waals surface area contributed by atoms with Gasteiger partial charge in [0.1, 0.15) is 16.7 Å². The lowest BCUT2D eigenvalue weighted by molar-refractivity contribution is 0.569. The maximum atomic E-state index is 9.48. The Hall–Kier alpha value is -10.9. The van der Waals surface area contributed by atoms with E-state index in [1.165, 1.54) is 0 Å². The number of para-hydroxylation sites is 3. The summed E-state index contributed by atoms with van der Waals surface area (Å²) >= 11 is 0. The predicted molar refractivity (Wildman–Crippen MR) is 385 cm³/mol. The van der Waals surface area contributed by atoms with E-state index in [-0.39, 0.29) is 46.1 Å². The second-order valence-corrected chi connectivity index (χ2v) is 26.1. The zero-order valence-corrected chi connectivity index (χ0v) is 51.2. The molecule has 15 aromatic rings. The molecule has 0 fully saturated rings. The fraction of sp³-hybridized carbons (Fsp3) is 0.0930. The molecule has 0 unspecified atom stereocenters. The number of furan rings is 2. The highest BCUT2D eigenvalue weighted by Crippen LogP contribution is 2.52. The van der Waals surface area contributed by atoms with Gasteiger partial charge in [-0.05, 0) is 155 Å². The Balaban J connectivity index is 1.03. The van der Waals surface area contributed by atoms with Crippen molar-refractivity contribution >= 4 is 101 Å². The second kappa shape index (κ2) is 20.9. The lowest BCUT2D eigenvalue weighted by Gasteiger charge is -2.45. The van der Waals surface area contributed by atoms with Gasteiger partial charge in [0, 0.05) is 55.4 Å². The molecule has 13 aromatic carbocycles. The third kappa shape index (κ3) is 9.04. The van der Waals surface area contributed by atoms with Crippen LogP contribution in [0.3, 0.4) is 0 Å². The zero-order chi connectivity index (χ0) is 70.0. The summed E-state index contributed by atoms with van der Waals surface area (Å²) in [5.74, 6) is 0. The molecule has 0 saturated heterocycles. The largest absolute Gasteiger partial charge is 0.456 e. The number of benzene rings is 13. The van der Waals surface area contributed by atoms with Crippen LogP contribution in [-0.2, 0) is 10.8 Å². The van der Waals surface area contributed by atoms with Crippen molar-refractivity contribution in [2.75, 3.05) is 9.80 Å². The lowest BCUT2D eigenvalue weighted by Crippen LogP contribution is -2.61. The van der Waals surface area contributed by atoms with Gasteiger partial charge in [-0.25, -0.2) is 0 Å². The first-order valence-corrected chi connectivity index (χ1v) is 31.0. The lowest BCUT2D eigenvalue weighted by atomic mass is 9.33. The molecule has 0 aliphatic carbocycles. The number of anilines is 6. The predicted octanol–water partition coefficient (Wildman–Crippen LogP) is 22.2. The summed E-state index contributed by atoms with van der Waals surface area (Å²) in [5.41, 5.74) is 20.1. The Kier molecular flexibility index (Phi) is 10.2. The molecule has 2 aliphatic rings. The summed E-state index contributed by atoms with van der Waals surface area (Å²) in [4.78, 5) is 4.58. The van der Waals surface area contributed by atoms with Crippen molar-refractivity contribution in [1.82, 2.24) is 0 Å². The summed E-state index contributed by atoms with van der Waals surface area (Å²) in [5, 5.41) is 3.72. The van der Waals surface area contributed by atoms with Gasteiger partial charge >= 0.3 is 0 Å². The number of hydrogen-bond donors (Lipinski definition) is 0. The smallest absolute Gasteiger partial charge is 0.252 e. The van der Waals surface area contributed by atoms with Crippen LogP contribution in [0.4, 0.5) is 34.1 Å². The molecule has 4 nitrogen and oxygen atoms in total. The maximum absolute atomic E-state index is 9.48. The molecule has 0 radical (unpaired) electrons. The van der Waals surface area contributed by atoms with E-state index >= 15 is 0 Å². The van der Waals surface area contributed by atoms with Crippen LogP contribution in [0.15, 0.2) is 294 Å². The molecule has 0 spiro atoms. The molecule has 0 bridgehead atoms. The number of nitrogens with zero attached hydrogens (tertiary/aromatic N) is 2. The van der Waals surface area contributed by atoms with E-state index in [0.717, 1.165) is 127 Å². The Morgan fingerprint density at radius 1 is 0.308 bits per heavy atom. The third-order valence-corrected chi connectivity index (χ3v) is 18.5. The topological polar surface area (TPSA) is 32.8 Å². The molecule has 2 aliphatic heterocycles. The minimum absolute atomic E-state index is 0.0349. The molecule has 0 N–H and O–H groups in total. The van der Waals surface area contributed by atoms with E-state index in [0.29, 0.717) is 33.7 Å². The van der Waals surface area contributed by atoms with Crippen LogP contribution in [0.25, 0.3) is 111 Å². The van der Waals surface area contributed by atoms with Crippen LogP contribution >= 0.6 is 0 Å². The number of hydrogen-bond acceptors (Lipinski definition) is 4. The van der Waals surface area contributed by atoms with Crippen molar-refractivity contribution in [1.29, 1.82) is 0 Å². The molecule has 0 amide bonds. The quantitative estimate of drug-likeness (QED) is 0.142. The van der Waals surface area contributed by atoms with E-state index in [1.807, 2.05) is 103 Å². The maximum Gasteiger partial charge on any atom is 0.252 e. The average Bonchev–Trinajstić information content (AvgIpc) is 0.747. The average molecular weight is 1180 g/mol. The highest BCUT2D eigenvalue weighted by atomic mass is 16.3. The number of fused-ring (bicyclic) bond motifs is 10. The molecule has 4 heterocycles. The van der Waals surface area contributed by atoms with Crippen molar-refractivity contribution in [2.24, 2.45) is 0 Å². The first-order valence-electron chi connectivity index (χ1n) is 36.0. The van der Waals surface area contributed by atoms with Crippen molar-refractivity contribution in [2.45, 2.75) is 52.4 Å². The Morgan fingerprint density at radius 3 is 1.54 bits per heavy atom. The van der Waals surface area contributed by atoms with Gasteiger partial charge in [0.2, 0.25) is 0 Å². The number of rotatable bonds is 8. The summed E-state index contributed by atoms with van der Waals surface area (Å²) in [6.45, 7) is 12.8. The van der Waals surface area contributed by atoms with Gasteiger partial charge in [-0.3, -0.25) is 0 Å². The van der Waals surface area contributed by atoms with Crippen molar-refractivity contribution in [3.05, 3.63) is 296 Å². The Labute approximate surface area is 546 Å². The van der Waals surface area contributed by atoms with Gasteiger partial charge in [0.05, 0.1) is 25.1 Å². The normalized spacial score (nSPS) is 14.4. The summed E-state index contributed by atoms with van der Waals surface area (Å²) in [6, 6.07) is 73.0. The molecule has 5 heteroatoms. The van der Waals surface area contributed by atoms with Crippen LogP contribution in [0.2, 0.25) is 0 Å². The fourth-order valence-electron chi connectivity index (χ4n) is 13.9. The van der Waals surface area contributed by atoms with E-state index in [4.69, 9.17) is 17.1 Å². The SMILES string of the molecule is [2H]c1c([2H])c([2H])c(-c2ccc3c(c2)B2c4ccc(-c5c([2H])c([2H])c([2H])c([2H])c5[2H])cc4N(c4cccc5c4oc4c(-c6ccc7oc8ccccc8c7c6)cccc45)c4cc(-c5cc(C(C)(C)C)cc(C(C)(C)C)c5)cc(c42)N3c2ccc(-c3ccccc3)cc2-c2ccccc2)c([2H])c1[2H]. The summed E-state index contributed by atoms with van der Waals surface area (Å²) in [6.07, 6.45) is 0. The summed E-state index contributed by atoms with van der Waals surface area (Å²) in [7, 11) is 0. The van der Waals surface area contributed by atoms with E-state index in [2.05, 4.69) is 173 Å². The van der Waals surface area contributed by atoms with Gasteiger partial charge in [0.25, 0.3) is 6.71 Å². The second-order valence-electron chi connectivity index (χ2n) is 26.1. The third-order valence-electron chi connectivity index (χ3n) is 18.5. The first kappa shape index (κ1) is 44.5. The van der Waals surface area contributed by atoms with Gasteiger partial charge in [0.15, 0.2) is 5.58 Å². The summed E-state index contributed by atoms with van der Waals surface area (Å²) < 4.78 is 105. The minimum Gasteiger partial charge on any atom is -0.456 e. The van der Waals surface area contributed by atoms with E-state index in [1.54, 1.807) is 0 Å². The monoisotopic (exact) mass is 1180 g/mol. The zero-order valence-electron chi connectivity index (χ0n) is 61.2. The molecule has 2 aromatic heterocycles. The molecule has 91 heavy (non-hydrogen) atoms. The molecule has 434 valence electrons. The first-order chi connectivity index (χ1) is 48.5. The van der Waals surface area contributed by atoms with Gasteiger partial charge in [-0.2, -0.15) is 0 Å². The fourth-order valence-corrected chi connectivity index (χ4v) is 13.9. The highest BCUT2D eigenvalue weighted by molar-refractivity contribution is 7.00. The Bertz CT molecular complexity index is 5940. The molecular weight excluding hydrogens is 1100 g/mol.